The number of aryl methyl sites for hydroxylation is 1. The summed E-state index contributed by atoms with van der Waals surface area (Å²) in [5, 5.41) is 15.5. The number of hydrogen-bond acceptors (Lipinski definition) is 3. The molecule has 2 aromatic rings. The van der Waals surface area contributed by atoms with Crippen LogP contribution in [-0.4, -0.2) is 24.8 Å². The summed E-state index contributed by atoms with van der Waals surface area (Å²) in [6.07, 6.45) is -0.126. The number of carbonyl (C=O) groups is 1. The molecule has 0 radical (unpaired) electrons. The second-order valence-corrected chi connectivity index (χ2v) is 5.28. The SMILES string of the molecule is COc1ccc(NC(=O)NCCC(O)c2ccccc2)cc1C. The fraction of sp³-hybridized carbons (Fsp3) is 0.278. The lowest BCUT2D eigenvalue weighted by Gasteiger charge is -2.13. The van der Waals surface area contributed by atoms with Gasteiger partial charge in [0.25, 0.3) is 0 Å². The van der Waals surface area contributed by atoms with Crippen LogP contribution in [0.3, 0.4) is 0 Å². The monoisotopic (exact) mass is 314 g/mol. The highest BCUT2D eigenvalue weighted by atomic mass is 16.5. The molecule has 0 aliphatic heterocycles. The van der Waals surface area contributed by atoms with Crippen LogP contribution in [0.5, 0.6) is 5.75 Å². The Bertz CT molecular complexity index is 644. The van der Waals surface area contributed by atoms with Gasteiger partial charge in [-0.15, -0.1) is 0 Å². The molecule has 0 fully saturated rings. The van der Waals surface area contributed by atoms with Crippen molar-refractivity contribution in [3.8, 4) is 5.75 Å². The minimum Gasteiger partial charge on any atom is -0.496 e. The maximum Gasteiger partial charge on any atom is 0.319 e. The van der Waals surface area contributed by atoms with Crippen LogP contribution in [0.2, 0.25) is 0 Å². The lowest BCUT2D eigenvalue weighted by molar-refractivity contribution is 0.167. The van der Waals surface area contributed by atoms with Crippen LogP contribution in [-0.2, 0) is 0 Å². The van der Waals surface area contributed by atoms with E-state index in [9.17, 15) is 9.90 Å². The average molecular weight is 314 g/mol. The number of aliphatic hydroxyl groups is 1. The van der Waals surface area contributed by atoms with Gasteiger partial charge in [0.15, 0.2) is 0 Å². The van der Waals surface area contributed by atoms with Crippen LogP contribution >= 0.6 is 0 Å². The molecule has 2 aromatic carbocycles. The fourth-order valence-corrected chi connectivity index (χ4v) is 2.30. The Balaban J connectivity index is 1.78. The van der Waals surface area contributed by atoms with E-state index in [-0.39, 0.29) is 6.03 Å². The molecule has 0 saturated carbocycles. The summed E-state index contributed by atoms with van der Waals surface area (Å²) in [5.74, 6) is 0.780. The first-order valence-electron chi connectivity index (χ1n) is 7.52. The lowest BCUT2D eigenvalue weighted by Crippen LogP contribution is -2.30. The molecule has 1 atom stereocenters. The molecule has 5 nitrogen and oxygen atoms in total. The molecule has 122 valence electrons. The number of rotatable bonds is 6. The smallest absolute Gasteiger partial charge is 0.319 e. The van der Waals surface area contributed by atoms with Crippen molar-refractivity contribution in [2.45, 2.75) is 19.4 Å². The minimum absolute atomic E-state index is 0.296. The van der Waals surface area contributed by atoms with Crippen molar-refractivity contribution in [3.05, 3.63) is 59.7 Å². The van der Waals surface area contributed by atoms with Gasteiger partial charge in [0.05, 0.1) is 13.2 Å². The highest BCUT2D eigenvalue weighted by Crippen LogP contribution is 2.21. The third kappa shape index (κ3) is 5.00. The van der Waals surface area contributed by atoms with Gasteiger partial charge in [-0.05, 0) is 42.7 Å². The second kappa shape index (κ2) is 8.19. The van der Waals surface area contributed by atoms with Gasteiger partial charge in [-0.1, -0.05) is 30.3 Å². The number of hydrogen-bond donors (Lipinski definition) is 3. The first kappa shape index (κ1) is 16.8. The molecule has 2 rings (SSSR count). The Morgan fingerprint density at radius 1 is 1.22 bits per heavy atom. The molecular weight excluding hydrogens is 292 g/mol. The number of urea groups is 1. The Labute approximate surface area is 136 Å². The summed E-state index contributed by atoms with van der Waals surface area (Å²) in [5.41, 5.74) is 2.50. The summed E-state index contributed by atoms with van der Waals surface area (Å²) in [4.78, 5) is 11.9. The Morgan fingerprint density at radius 2 is 1.96 bits per heavy atom. The lowest BCUT2D eigenvalue weighted by atomic mass is 10.1. The van der Waals surface area contributed by atoms with Gasteiger partial charge in [-0.3, -0.25) is 0 Å². The number of carbonyl (C=O) groups excluding carboxylic acids is 1. The first-order chi connectivity index (χ1) is 11.1. The predicted molar refractivity (Wildman–Crippen MR) is 90.8 cm³/mol. The van der Waals surface area contributed by atoms with Crippen LogP contribution in [0.4, 0.5) is 10.5 Å². The zero-order chi connectivity index (χ0) is 16.7. The number of ether oxygens (including phenoxy) is 1. The number of anilines is 1. The van der Waals surface area contributed by atoms with Gasteiger partial charge < -0.3 is 20.5 Å². The summed E-state index contributed by atoms with van der Waals surface area (Å²) >= 11 is 0. The van der Waals surface area contributed by atoms with E-state index in [2.05, 4.69) is 10.6 Å². The number of amides is 2. The van der Waals surface area contributed by atoms with Gasteiger partial charge in [0, 0.05) is 12.2 Å². The average Bonchev–Trinajstić information content (AvgIpc) is 2.55. The Hall–Kier alpha value is -2.53. The quantitative estimate of drug-likeness (QED) is 0.766. The predicted octanol–water partition coefficient (Wildman–Crippen LogP) is 3.25. The van der Waals surface area contributed by atoms with Crippen LogP contribution in [0, 0.1) is 6.92 Å². The molecule has 0 saturated heterocycles. The second-order valence-electron chi connectivity index (χ2n) is 5.28. The van der Waals surface area contributed by atoms with Crippen molar-refractivity contribution in [2.75, 3.05) is 19.0 Å². The number of benzene rings is 2. The van der Waals surface area contributed by atoms with Crippen LogP contribution in [0.25, 0.3) is 0 Å². The topological polar surface area (TPSA) is 70.6 Å². The van der Waals surface area contributed by atoms with Crippen molar-refractivity contribution in [3.63, 3.8) is 0 Å². The number of aliphatic hydroxyl groups excluding tert-OH is 1. The van der Waals surface area contributed by atoms with Crippen molar-refractivity contribution in [1.29, 1.82) is 0 Å². The van der Waals surface area contributed by atoms with Gasteiger partial charge in [0.2, 0.25) is 0 Å². The van der Waals surface area contributed by atoms with Crippen molar-refractivity contribution < 1.29 is 14.6 Å². The van der Waals surface area contributed by atoms with Gasteiger partial charge in [-0.2, -0.15) is 0 Å². The third-order valence-electron chi connectivity index (χ3n) is 3.54. The molecule has 0 aliphatic carbocycles. The van der Waals surface area contributed by atoms with E-state index in [1.54, 1.807) is 13.2 Å². The molecular formula is C18H22N2O3. The highest BCUT2D eigenvalue weighted by Gasteiger charge is 2.08. The third-order valence-corrected chi connectivity index (χ3v) is 3.54. The van der Waals surface area contributed by atoms with E-state index in [0.29, 0.717) is 18.7 Å². The summed E-state index contributed by atoms with van der Waals surface area (Å²) in [6.45, 7) is 2.30. The van der Waals surface area contributed by atoms with Crippen LogP contribution in [0.1, 0.15) is 23.7 Å². The van der Waals surface area contributed by atoms with Gasteiger partial charge >= 0.3 is 6.03 Å². The molecule has 2 amide bonds. The molecule has 0 spiro atoms. The Kier molecular flexibility index (Phi) is 6.00. The molecule has 0 aromatic heterocycles. The molecule has 3 N–H and O–H groups in total. The van der Waals surface area contributed by atoms with E-state index >= 15 is 0 Å². The van der Waals surface area contributed by atoms with E-state index in [0.717, 1.165) is 16.9 Å². The van der Waals surface area contributed by atoms with E-state index < -0.39 is 6.10 Å². The first-order valence-corrected chi connectivity index (χ1v) is 7.52. The van der Waals surface area contributed by atoms with E-state index in [1.807, 2.05) is 49.4 Å². The molecule has 0 heterocycles. The van der Waals surface area contributed by atoms with Crippen LogP contribution in [0.15, 0.2) is 48.5 Å². The summed E-state index contributed by atoms with van der Waals surface area (Å²) in [7, 11) is 1.61. The van der Waals surface area contributed by atoms with Crippen LogP contribution < -0.4 is 15.4 Å². The largest absolute Gasteiger partial charge is 0.496 e. The fourth-order valence-electron chi connectivity index (χ4n) is 2.30. The Morgan fingerprint density at radius 3 is 2.61 bits per heavy atom. The molecule has 1 unspecified atom stereocenters. The van der Waals surface area contributed by atoms with Crippen molar-refractivity contribution >= 4 is 11.7 Å². The standard InChI is InChI=1S/C18H22N2O3/c1-13-12-15(8-9-17(13)23-2)20-18(22)19-11-10-16(21)14-6-4-3-5-7-14/h3-9,12,16,21H,10-11H2,1-2H3,(H2,19,20,22). The molecule has 23 heavy (non-hydrogen) atoms. The van der Waals surface area contributed by atoms with E-state index in [1.165, 1.54) is 0 Å². The van der Waals surface area contributed by atoms with Crippen molar-refractivity contribution in [2.24, 2.45) is 0 Å². The highest BCUT2D eigenvalue weighted by molar-refractivity contribution is 5.89. The molecule has 0 aliphatic rings. The minimum atomic E-state index is -0.584. The molecule has 0 bridgehead atoms. The van der Waals surface area contributed by atoms with Gasteiger partial charge in [0.1, 0.15) is 5.75 Å². The van der Waals surface area contributed by atoms with E-state index in [4.69, 9.17) is 4.74 Å². The zero-order valence-corrected chi connectivity index (χ0v) is 13.4. The normalized spacial score (nSPS) is 11.6. The summed E-state index contributed by atoms with van der Waals surface area (Å²) < 4.78 is 5.18. The van der Waals surface area contributed by atoms with Gasteiger partial charge in [-0.25, -0.2) is 4.79 Å². The number of nitrogens with one attached hydrogen (secondary N) is 2. The zero-order valence-electron chi connectivity index (χ0n) is 13.4. The van der Waals surface area contributed by atoms with Crippen molar-refractivity contribution in [1.82, 2.24) is 5.32 Å². The summed E-state index contributed by atoms with van der Waals surface area (Å²) in [6, 6.07) is 14.5. The number of methoxy groups -OCH3 is 1. The maximum absolute atomic E-state index is 11.9. The molecule has 5 heteroatoms. The maximum atomic E-state index is 11.9.